The van der Waals surface area contributed by atoms with Crippen LogP contribution in [0.4, 0.5) is 0 Å². The molecule has 0 radical (unpaired) electrons. The molecule has 12 heavy (non-hydrogen) atoms. The maximum absolute atomic E-state index is 5.97. The molecule has 0 bridgehead atoms. The normalized spacial score (nSPS) is 16.9. The van der Waals surface area contributed by atoms with Crippen LogP contribution in [0.2, 0.25) is 0 Å². The topological polar surface area (TPSA) is 26.0 Å². The largest absolute Gasteiger partial charge is 0.324 e. The third-order valence-electron chi connectivity index (χ3n) is 2.15. The van der Waals surface area contributed by atoms with Crippen LogP contribution in [0.25, 0.3) is 0 Å². The molecule has 1 atom stereocenters. The summed E-state index contributed by atoms with van der Waals surface area (Å²) in [5, 5.41) is 0. The lowest BCUT2D eigenvalue weighted by Gasteiger charge is -2.16. The van der Waals surface area contributed by atoms with Gasteiger partial charge in [0.25, 0.3) is 0 Å². The molecule has 0 aliphatic carbocycles. The molecular formula is C11H21N. The Kier molecular flexibility index (Phi) is 4.91. The van der Waals surface area contributed by atoms with Crippen molar-refractivity contribution >= 4 is 0 Å². The summed E-state index contributed by atoms with van der Waals surface area (Å²) >= 11 is 0. The fourth-order valence-corrected chi connectivity index (χ4v) is 1.06. The summed E-state index contributed by atoms with van der Waals surface area (Å²) in [5.41, 5.74) is 8.51. The zero-order chi connectivity index (χ0) is 9.72. The van der Waals surface area contributed by atoms with Gasteiger partial charge < -0.3 is 5.73 Å². The van der Waals surface area contributed by atoms with Gasteiger partial charge in [0.2, 0.25) is 0 Å². The van der Waals surface area contributed by atoms with Gasteiger partial charge in [-0.15, -0.1) is 0 Å². The van der Waals surface area contributed by atoms with Crippen LogP contribution in [0.1, 0.15) is 34.6 Å². The fraction of sp³-hybridized carbons (Fsp3) is 0.636. The Morgan fingerprint density at radius 1 is 1.25 bits per heavy atom. The van der Waals surface area contributed by atoms with E-state index in [0.29, 0.717) is 5.92 Å². The van der Waals surface area contributed by atoms with E-state index in [1.165, 1.54) is 11.1 Å². The van der Waals surface area contributed by atoms with Crippen LogP contribution < -0.4 is 5.73 Å². The quantitative estimate of drug-likeness (QED) is 0.643. The Morgan fingerprint density at radius 2 is 1.75 bits per heavy atom. The molecule has 0 heterocycles. The lowest BCUT2D eigenvalue weighted by atomic mass is 9.97. The molecule has 2 N–H and O–H groups in total. The lowest BCUT2D eigenvalue weighted by molar-refractivity contribution is 0.548. The van der Waals surface area contributed by atoms with E-state index in [4.69, 9.17) is 5.73 Å². The van der Waals surface area contributed by atoms with Crippen molar-refractivity contribution in [2.75, 3.05) is 0 Å². The van der Waals surface area contributed by atoms with Gasteiger partial charge in [-0.25, -0.2) is 0 Å². The molecule has 0 aromatic heterocycles. The van der Waals surface area contributed by atoms with Crippen LogP contribution in [0, 0.1) is 5.92 Å². The van der Waals surface area contributed by atoms with Crippen LogP contribution in [0.3, 0.4) is 0 Å². The van der Waals surface area contributed by atoms with Gasteiger partial charge >= 0.3 is 0 Å². The highest BCUT2D eigenvalue weighted by Gasteiger charge is 2.08. The molecule has 0 aromatic rings. The van der Waals surface area contributed by atoms with Crippen LogP contribution in [0.5, 0.6) is 0 Å². The van der Waals surface area contributed by atoms with E-state index < -0.39 is 0 Å². The number of hydrogen-bond donors (Lipinski definition) is 1. The third kappa shape index (κ3) is 3.72. The molecule has 0 unspecified atom stereocenters. The molecule has 0 saturated heterocycles. The van der Waals surface area contributed by atoms with Gasteiger partial charge in [-0.2, -0.15) is 0 Å². The summed E-state index contributed by atoms with van der Waals surface area (Å²) in [7, 11) is 0. The monoisotopic (exact) mass is 167 g/mol. The van der Waals surface area contributed by atoms with Crippen molar-refractivity contribution in [2.24, 2.45) is 11.7 Å². The summed E-state index contributed by atoms with van der Waals surface area (Å²) < 4.78 is 0. The SMILES string of the molecule is C/C=C(C)\C=C(/C)[C@H](N)C(C)C. The van der Waals surface area contributed by atoms with E-state index in [0.717, 1.165) is 0 Å². The van der Waals surface area contributed by atoms with Gasteiger partial charge in [-0.1, -0.05) is 37.1 Å². The molecule has 70 valence electrons. The van der Waals surface area contributed by atoms with Crippen molar-refractivity contribution in [3.8, 4) is 0 Å². The molecule has 0 spiro atoms. The van der Waals surface area contributed by atoms with E-state index in [1.54, 1.807) is 0 Å². The number of hydrogen-bond acceptors (Lipinski definition) is 1. The standard InChI is InChI=1S/C11H21N/c1-6-9(4)7-10(5)11(12)8(2)3/h6-8,11H,12H2,1-5H3/b9-6-,10-7+/t11-/m1/s1. The van der Waals surface area contributed by atoms with Gasteiger partial charge in [0.15, 0.2) is 0 Å². The molecule has 1 heteroatoms. The first-order chi connectivity index (χ1) is 5.49. The van der Waals surface area contributed by atoms with Crippen molar-refractivity contribution in [2.45, 2.75) is 40.7 Å². The van der Waals surface area contributed by atoms with Crippen molar-refractivity contribution < 1.29 is 0 Å². The minimum Gasteiger partial charge on any atom is -0.324 e. The molecule has 0 aliphatic heterocycles. The minimum atomic E-state index is 0.194. The van der Waals surface area contributed by atoms with E-state index >= 15 is 0 Å². The molecule has 0 amide bonds. The van der Waals surface area contributed by atoms with Gasteiger partial charge in [0.1, 0.15) is 0 Å². The molecule has 0 saturated carbocycles. The van der Waals surface area contributed by atoms with E-state index in [1.807, 2.05) is 6.92 Å². The fourth-order valence-electron chi connectivity index (χ4n) is 1.06. The second-order valence-electron chi connectivity index (χ2n) is 3.69. The number of rotatable bonds is 3. The predicted molar refractivity (Wildman–Crippen MR) is 56.0 cm³/mol. The Hall–Kier alpha value is -0.560. The third-order valence-corrected chi connectivity index (χ3v) is 2.15. The first-order valence-electron chi connectivity index (χ1n) is 4.55. The summed E-state index contributed by atoms with van der Waals surface area (Å²) in [4.78, 5) is 0. The van der Waals surface area contributed by atoms with Crippen LogP contribution in [0.15, 0.2) is 23.3 Å². The van der Waals surface area contributed by atoms with E-state index in [-0.39, 0.29) is 6.04 Å². The van der Waals surface area contributed by atoms with Gasteiger partial charge in [0, 0.05) is 6.04 Å². The second-order valence-corrected chi connectivity index (χ2v) is 3.69. The number of allylic oxidation sites excluding steroid dienone is 3. The Labute approximate surface area is 76.3 Å². The molecule has 0 aromatic carbocycles. The summed E-state index contributed by atoms with van der Waals surface area (Å²) in [6, 6.07) is 0.194. The maximum atomic E-state index is 5.97. The Balaban J connectivity index is 4.37. The van der Waals surface area contributed by atoms with Gasteiger partial charge in [-0.05, 0) is 26.7 Å². The second kappa shape index (κ2) is 5.15. The van der Waals surface area contributed by atoms with Gasteiger partial charge in [0.05, 0.1) is 0 Å². The van der Waals surface area contributed by atoms with Gasteiger partial charge in [-0.3, -0.25) is 0 Å². The van der Waals surface area contributed by atoms with E-state index in [2.05, 4.69) is 39.8 Å². The zero-order valence-corrected chi connectivity index (χ0v) is 8.89. The summed E-state index contributed by atoms with van der Waals surface area (Å²) in [6.07, 6.45) is 4.25. The maximum Gasteiger partial charge on any atom is 0.0277 e. The Morgan fingerprint density at radius 3 is 2.08 bits per heavy atom. The highest BCUT2D eigenvalue weighted by molar-refractivity contribution is 5.23. The molecule has 0 rings (SSSR count). The Bertz CT molecular complexity index is 187. The predicted octanol–water partition coefficient (Wildman–Crippen LogP) is 2.88. The average molecular weight is 167 g/mol. The molecule has 0 fully saturated rings. The zero-order valence-electron chi connectivity index (χ0n) is 8.89. The molecule has 1 nitrogen and oxygen atoms in total. The number of nitrogens with two attached hydrogens (primary N) is 1. The highest BCUT2D eigenvalue weighted by Crippen LogP contribution is 2.11. The highest BCUT2D eigenvalue weighted by atomic mass is 14.6. The van der Waals surface area contributed by atoms with Crippen molar-refractivity contribution in [3.05, 3.63) is 23.3 Å². The first kappa shape index (κ1) is 11.4. The molecular weight excluding hydrogens is 146 g/mol. The van der Waals surface area contributed by atoms with Crippen molar-refractivity contribution in [1.82, 2.24) is 0 Å². The average Bonchev–Trinajstić information content (AvgIpc) is 2.02. The van der Waals surface area contributed by atoms with Crippen LogP contribution in [-0.2, 0) is 0 Å². The first-order valence-corrected chi connectivity index (χ1v) is 4.55. The van der Waals surface area contributed by atoms with Crippen molar-refractivity contribution in [1.29, 1.82) is 0 Å². The van der Waals surface area contributed by atoms with Crippen molar-refractivity contribution in [3.63, 3.8) is 0 Å². The van der Waals surface area contributed by atoms with Crippen LogP contribution in [-0.4, -0.2) is 6.04 Å². The summed E-state index contributed by atoms with van der Waals surface area (Å²) in [6.45, 7) is 10.5. The molecule has 0 aliphatic rings. The van der Waals surface area contributed by atoms with Crippen LogP contribution >= 0.6 is 0 Å². The lowest BCUT2D eigenvalue weighted by Crippen LogP contribution is -2.27. The summed E-state index contributed by atoms with van der Waals surface area (Å²) in [5.74, 6) is 0.519. The smallest absolute Gasteiger partial charge is 0.0277 e. The minimum absolute atomic E-state index is 0.194. The van der Waals surface area contributed by atoms with E-state index in [9.17, 15) is 0 Å².